The van der Waals surface area contributed by atoms with Crippen LogP contribution in [0.25, 0.3) is 113 Å². The van der Waals surface area contributed by atoms with Crippen molar-refractivity contribution >= 4 is 99.2 Å². The SMILES string of the molecule is c1ccc(-c2ccc(-n3c4ccccc4c4cc(-n5c6ccccc6c6cc(-n7c8ccccc8c8ccccc87)ccc65)ccc43)c3c2[se]c2ccccc23)cc1. The van der Waals surface area contributed by atoms with Crippen molar-refractivity contribution in [2.75, 3.05) is 0 Å². The van der Waals surface area contributed by atoms with Gasteiger partial charge in [-0.05, 0) is 12.1 Å². The summed E-state index contributed by atoms with van der Waals surface area (Å²) in [5.74, 6) is 0. The Hall–Kier alpha value is -7.10. The molecule has 3 nitrogen and oxygen atoms in total. The van der Waals surface area contributed by atoms with Crippen molar-refractivity contribution in [1.82, 2.24) is 13.7 Å². The number of para-hydroxylation sites is 4. The number of nitrogens with zero attached hydrogens (tertiary/aromatic N) is 3. The Bertz CT molecular complexity index is 3750. The van der Waals surface area contributed by atoms with Gasteiger partial charge >= 0.3 is 255 Å². The summed E-state index contributed by atoms with van der Waals surface area (Å²) >= 11 is 0.205. The molecule has 13 rings (SSSR count). The molecule has 9 aromatic carbocycles. The molecule has 270 valence electrons. The molecule has 0 N–H and O–H groups in total. The zero-order valence-corrected chi connectivity index (χ0v) is 33.0. The van der Waals surface area contributed by atoms with Crippen LogP contribution in [-0.4, -0.2) is 28.2 Å². The van der Waals surface area contributed by atoms with Gasteiger partial charge in [-0.25, -0.2) is 0 Å². The van der Waals surface area contributed by atoms with Gasteiger partial charge in [-0.3, -0.25) is 0 Å². The van der Waals surface area contributed by atoms with Gasteiger partial charge in [0.25, 0.3) is 0 Å². The van der Waals surface area contributed by atoms with Crippen LogP contribution in [0.5, 0.6) is 0 Å². The molecule has 0 saturated heterocycles. The average Bonchev–Trinajstić information content (AvgIpc) is 4.03. The first-order valence-electron chi connectivity index (χ1n) is 19.9. The second-order valence-corrected chi connectivity index (χ2v) is 17.5. The van der Waals surface area contributed by atoms with E-state index in [1.54, 1.807) is 0 Å². The van der Waals surface area contributed by atoms with E-state index in [9.17, 15) is 0 Å². The maximum absolute atomic E-state index is 2.52. The second kappa shape index (κ2) is 12.2. The molecule has 0 aliphatic rings. The Kier molecular flexibility index (Phi) is 6.74. The van der Waals surface area contributed by atoms with E-state index >= 15 is 0 Å². The van der Waals surface area contributed by atoms with Gasteiger partial charge in [-0.1, -0.05) is 42.5 Å². The van der Waals surface area contributed by atoms with Crippen LogP contribution in [0.15, 0.2) is 200 Å². The summed E-state index contributed by atoms with van der Waals surface area (Å²) in [5.41, 5.74) is 13.5. The van der Waals surface area contributed by atoms with Crippen LogP contribution < -0.4 is 0 Å². The zero-order valence-electron chi connectivity index (χ0n) is 31.3. The van der Waals surface area contributed by atoms with Crippen molar-refractivity contribution in [3.63, 3.8) is 0 Å². The summed E-state index contributed by atoms with van der Waals surface area (Å²) in [6, 6.07) is 74.0. The Balaban J connectivity index is 1.05. The van der Waals surface area contributed by atoms with Crippen LogP contribution >= 0.6 is 0 Å². The van der Waals surface area contributed by atoms with Crippen LogP contribution in [0.4, 0.5) is 0 Å². The molecule has 13 aromatic rings. The van der Waals surface area contributed by atoms with Crippen LogP contribution in [0.1, 0.15) is 0 Å². The number of aromatic nitrogens is 3. The van der Waals surface area contributed by atoms with E-state index in [-0.39, 0.29) is 14.5 Å². The van der Waals surface area contributed by atoms with Crippen LogP contribution in [-0.2, 0) is 0 Å². The number of benzene rings is 9. The number of rotatable bonds is 4. The van der Waals surface area contributed by atoms with Gasteiger partial charge in [-0.15, -0.1) is 0 Å². The summed E-state index contributed by atoms with van der Waals surface area (Å²) < 4.78 is 10.3. The minimum absolute atomic E-state index is 0.205. The maximum atomic E-state index is 2.52. The van der Waals surface area contributed by atoms with Crippen molar-refractivity contribution in [3.05, 3.63) is 200 Å². The van der Waals surface area contributed by atoms with E-state index in [2.05, 4.69) is 214 Å². The monoisotopic (exact) mass is 803 g/mol. The van der Waals surface area contributed by atoms with Crippen molar-refractivity contribution in [2.24, 2.45) is 0 Å². The first kappa shape index (κ1) is 32.0. The fourth-order valence-corrected chi connectivity index (χ4v) is 12.4. The Morgan fingerprint density at radius 1 is 0.310 bits per heavy atom. The van der Waals surface area contributed by atoms with E-state index in [1.807, 2.05) is 0 Å². The van der Waals surface area contributed by atoms with E-state index in [4.69, 9.17) is 0 Å². The molecule has 0 aliphatic carbocycles. The van der Waals surface area contributed by atoms with Gasteiger partial charge in [0.05, 0.1) is 11.0 Å². The van der Waals surface area contributed by atoms with E-state index in [0.29, 0.717) is 0 Å². The van der Waals surface area contributed by atoms with E-state index in [1.165, 1.54) is 107 Å². The topological polar surface area (TPSA) is 14.8 Å². The average molecular weight is 803 g/mol. The van der Waals surface area contributed by atoms with Crippen molar-refractivity contribution in [1.29, 1.82) is 0 Å². The summed E-state index contributed by atoms with van der Waals surface area (Å²) in [7, 11) is 0. The van der Waals surface area contributed by atoms with Gasteiger partial charge < -0.3 is 4.57 Å². The molecule has 0 saturated carbocycles. The fraction of sp³-hybridized carbons (Fsp3) is 0. The molecule has 0 atom stereocenters. The third-order valence-corrected chi connectivity index (χ3v) is 14.8. The van der Waals surface area contributed by atoms with Crippen LogP contribution in [0, 0.1) is 0 Å². The standard InChI is InChI=1S/C54H33N3Se/c1-2-14-34(15-3-1)37-28-31-51(53-42-20-8-13-25-52(42)58-54(37)53)57-48-24-12-7-19-41(48)44-33-36(27-30-50(44)57)56-47-23-11-6-18-40(47)43-32-35(26-29-49(43)56)55-45-21-9-4-16-38(45)39-17-5-10-22-46(39)55/h1-33H. The van der Waals surface area contributed by atoms with Crippen LogP contribution in [0.2, 0.25) is 0 Å². The molecule has 0 radical (unpaired) electrons. The molecule has 58 heavy (non-hydrogen) atoms. The van der Waals surface area contributed by atoms with Gasteiger partial charge in [-0.2, -0.15) is 0 Å². The molecule has 0 aliphatic heterocycles. The molecule has 0 fully saturated rings. The van der Waals surface area contributed by atoms with E-state index in [0.717, 1.165) is 5.69 Å². The third-order valence-electron chi connectivity index (χ3n) is 12.2. The van der Waals surface area contributed by atoms with Crippen molar-refractivity contribution in [3.8, 4) is 28.2 Å². The Morgan fingerprint density at radius 3 is 1.31 bits per heavy atom. The predicted octanol–water partition coefficient (Wildman–Crippen LogP) is 14.0. The third kappa shape index (κ3) is 4.44. The van der Waals surface area contributed by atoms with Gasteiger partial charge in [0, 0.05) is 16.5 Å². The second-order valence-electron chi connectivity index (χ2n) is 15.3. The minimum atomic E-state index is 0.205. The normalized spacial score (nSPS) is 12.1. The van der Waals surface area contributed by atoms with Crippen LogP contribution in [0.3, 0.4) is 0 Å². The van der Waals surface area contributed by atoms with E-state index < -0.39 is 0 Å². The van der Waals surface area contributed by atoms with Gasteiger partial charge in [0.2, 0.25) is 0 Å². The van der Waals surface area contributed by atoms with Crippen molar-refractivity contribution in [2.45, 2.75) is 0 Å². The zero-order chi connectivity index (χ0) is 37.9. The summed E-state index contributed by atoms with van der Waals surface area (Å²) in [6.45, 7) is 0. The summed E-state index contributed by atoms with van der Waals surface area (Å²) in [4.78, 5) is 0. The Morgan fingerprint density at radius 2 is 0.741 bits per heavy atom. The molecule has 0 bridgehead atoms. The molecule has 0 spiro atoms. The first-order chi connectivity index (χ1) is 28.8. The molecule has 0 unspecified atom stereocenters. The molecule has 4 heteroatoms. The molecule has 4 aromatic heterocycles. The number of hydrogen-bond donors (Lipinski definition) is 0. The quantitative estimate of drug-likeness (QED) is 0.158. The molecular formula is C54H33N3Se. The van der Waals surface area contributed by atoms with Gasteiger partial charge in [0.15, 0.2) is 0 Å². The predicted molar refractivity (Wildman–Crippen MR) is 247 cm³/mol. The van der Waals surface area contributed by atoms with Crippen molar-refractivity contribution < 1.29 is 0 Å². The molecule has 0 amide bonds. The number of hydrogen-bond acceptors (Lipinski definition) is 0. The Labute approximate surface area is 339 Å². The first-order valence-corrected chi connectivity index (χ1v) is 21.6. The van der Waals surface area contributed by atoms with Gasteiger partial charge in [0.1, 0.15) is 0 Å². The molecule has 4 heterocycles. The number of fused-ring (bicyclic) bond motifs is 12. The summed E-state index contributed by atoms with van der Waals surface area (Å²) in [6.07, 6.45) is 0. The summed E-state index contributed by atoms with van der Waals surface area (Å²) in [5, 5.41) is 10.3. The fourth-order valence-electron chi connectivity index (χ4n) is 9.78. The molecular weight excluding hydrogens is 770 g/mol.